The molecule has 0 spiro atoms. The van der Waals surface area contributed by atoms with Crippen LogP contribution in [-0.2, 0) is 12.8 Å². The summed E-state index contributed by atoms with van der Waals surface area (Å²) >= 11 is 9.36. The van der Waals surface area contributed by atoms with Crippen molar-refractivity contribution in [2.45, 2.75) is 19.3 Å². The quantitative estimate of drug-likeness (QED) is 0.862. The molecule has 1 aromatic carbocycles. The minimum Gasteiger partial charge on any atom is -0.339 e. The highest BCUT2D eigenvalue weighted by molar-refractivity contribution is 9.10. The van der Waals surface area contributed by atoms with Crippen LogP contribution in [0.1, 0.15) is 23.2 Å². The van der Waals surface area contributed by atoms with Crippen LogP contribution in [0.3, 0.4) is 0 Å². The Hall–Kier alpha value is -1.57. The zero-order valence-corrected chi connectivity index (χ0v) is 12.9. The van der Waals surface area contributed by atoms with E-state index in [4.69, 9.17) is 11.6 Å². The Morgan fingerprint density at radius 2 is 2.15 bits per heavy atom. The number of aryl methyl sites for hydroxylation is 2. The maximum Gasteiger partial charge on any atom is 0.148 e. The number of pyridine rings is 1. The number of nitriles is 1. The number of benzene rings is 1. The van der Waals surface area contributed by atoms with Crippen molar-refractivity contribution in [3.8, 4) is 6.07 Å². The van der Waals surface area contributed by atoms with Crippen LogP contribution < -0.4 is 5.32 Å². The van der Waals surface area contributed by atoms with E-state index in [-0.39, 0.29) is 0 Å². The topological polar surface area (TPSA) is 48.7 Å². The summed E-state index contributed by atoms with van der Waals surface area (Å²) in [5, 5.41) is 13.1. The lowest BCUT2D eigenvalue weighted by atomic mass is 10.1. The van der Waals surface area contributed by atoms with E-state index < -0.39 is 0 Å². The number of hydrogen-bond acceptors (Lipinski definition) is 3. The molecule has 100 valence electrons. The van der Waals surface area contributed by atoms with E-state index in [9.17, 15) is 5.26 Å². The number of aromatic nitrogens is 1. The van der Waals surface area contributed by atoms with Crippen molar-refractivity contribution >= 4 is 39.0 Å². The second-order valence-corrected chi connectivity index (χ2v) is 5.97. The molecular weight excluding hydrogens is 338 g/mol. The monoisotopic (exact) mass is 347 g/mol. The average molecular weight is 349 g/mol. The molecule has 1 aromatic heterocycles. The molecule has 2 aromatic rings. The van der Waals surface area contributed by atoms with E-state index in [2.05, 4.69) is 32.3 Å². The Labute approximate surface area is 130 Å². The molecule has 0 amide bonds. The molecule has 20 heavy (non-hydrogen) atoms. The molecule has 0 radical (unpaired) electrons. The van der Waals surface area contributed by atoms with Gasteiger partial charge in [-0.3, -0.25) is 0 Å². The van der Waals surface area contributed by atoms with Gasteiger partial charge in [0, 0.05) is 15.9 Å². The number of fused-ring (bicyclic) bond motifs is 1. The summed E-state index contributed by atoms with van der Waals surface area (Å²) in [5.41, 5.74) is 3.73. The van der Waals surface area contributed by atoms with Gasteiger partial charge < -0.3 is 5.32 Å². The zero-order chi connectivity index (χ0) is 14.1. The van der Waals surface area contributed by atoms with Gasteiger partial charge in [0.2, 0.25) is 0 Å². The van der Waals surface area contributed by atoms with Crippen LogP contribution >= 0.6 is 27.5 Å². The molecule has 0 bridgehead atoms. The van der Waals surface area contributed by atoms with Gasteiger partial charge in [-0.15, -0.1) is 0 Å². The van der Waals surface area contributed by atoms with Crippen molar-refractivity contribution in [2.24, 2.45) is 0 Å². The van der Waals surface area contributed by atoms with Crippen LogP contribution in [0.15, 0.2) is 28.7 Å². The highest BCUT2D eigenvalue weighted by Gasteiger charge is 2.16. The summed E-state index contributed by atoms with van der Waals surface area (Å²) in [6.45, 7) is 0. The molecule has 1 aliphatic carbocycles. The normalized spacial score (nSPS) is 12.8. The van der Waals surface area contributed by atoms with E-state index in [0.29, 0.717) is 16.4 Å². The first kappa shape index (κ1) is 13.4. The van der Waals surface area contributed by atoms with Gasteiger partial charge in [0.15, 0.2) is 0 Å². The van der Waals surface area contributed by atoms with Crippen LogP contribution in [0.25, 0.3) is 0 Å². The molecule has 5 heteroatoms. The van der Waals surface area contributed by atoms with Crippen molar-refractivity contribution in [1.29, 1.82) is 5.26 Å². The third-order valence-electron chi connectivity index (χ3n) is 3.35. The Bertz CT molecular complexity index is 722. The van der Waals surface area contributed by atoms with Gasteiger partial charge in [-0.2, -0.15) is 5.26 Å². The second kappa shape index (κ2) is 5.43. The zero-order valence-electron chi connectivity index (χ0n) is 10.6. The maximum absolute atomic E-state index is 9.27. The number of hydrogen-bond donors (Lipinski definition) is 1. The fraction of sp³-hybridized carbons (Fsp3) is 0.200. The molecule has 0 fully saturated rings. The van der Waals surface area contributed by atoms with Crippen molar-refractivity contribution in [3.05, 3.63) is 50.6 Å². The van der Waals surface area contributed by atoms with Gasteiger partial charge in [-0.05, 0) is 65.0 Å². The molecule has 3 rings (SSSR count). The smallest absolute Gasteiger partial charge is 0.148 e. The molecule has 3 nitrogen and oxygen atoms in total. The first-order valence-electron chi connectivity index (χ1n) is 6.32. The van der Waals surface area contributed by atoms with Crippen LogP contribution in [0.4, 0.5) is 11.5 Å². The third-order valence-corrected chi connectivity index (χ3v) is 4.57. The van der Waals surface area contributed by atoms with E-state index in [1.807, 2.05) is 18.2 Å². The van der Waals surface area contributed by atoms with E-state index >= 15 is 0 Å². The minimum atomic E-state index is 0.580. The van der Waals surface area contributed by atoms with Gasteiger partial charge in [0.25, 0.3) is 0 Å². The van der Waals surface area contributed by atoms with Crippen molar-refractivity contribution < 1.29 is 0 Å². The molecule has 1 heterocycles. The lowest BCUT2D eigenvalue weighted by Crippen LogP contribution is -2.00. The second-order valence-electron chi connectivity index (χ2n) is 4.71. The standard InChI is InChI=1S/C15H11BrClN3/c16-12-7-11(4-5-13(12)17)19-15-10(8-18)6-9-2-1-3-14(9)20-15/h4-7H,1-3H2,(H,19,20). The summed E-state index contributed by atoms with van der Waals surface area (Å²) in [6.07, 6.45) is 3.12. The molecule has 0 saturated carbocycles. The molecule has 1 N–H and O–H groups in total. The Balaban J connectivity index is 1.98. The predicted octanol–water partition coefficient (Wildman–Crippen LogP) is 4.60. The molecule has 0 aliphatic heterocycles. The lowest BCUT2D eigenvalue weighted by molar-refractivity contribution is 0.900. The number of halogens is 2. The highest BCUT2D eigenvalue weighted by Crippen LogP contribution is 2.30. The fourth-order valence-electron chi connectivity index (χ4n) is 2.36. The molecule has 1 aliphatic rings. The van der Waals surface area contributed by atoms with Crippen LogP contribution in [-0.4, -0.2) is 4.98 Å². The SMILES string of the molecule is N#Cc1cc2c(nc1Nc1ccc(Cl)c(Br)c1)CCC2. The number of nitrogens with zero attached hydrogens (tertiary/aromatic N) is 2. The maximum atomic E-state index is 9.27. The van der Waals surface area contributed by atoms with Gasteiger partial charge in [0.05, 0.1) is 10.6 Å². The van der Waals surface area contributed by atoms with Gasteiger partial charge >= 0.3 is 0 Å². The van der Waals surface area contributed by atoms with Gasteiger partial charge in [0.1, 0.15) is 11.9 Å². The average Bonchev–Trinajstić information content (AvgIpc) is 2.89. The largest absolute Gasteiger partial charge is 0.339 e. The van der Waals surface area contributed by atoms with Crippen LogP contribution in [0.5, 0.6) is 0 Å². The van der Waals surface area contributed by atoms with E-state index in [0.717, 1.165) is 35.1 Å². The highest BCUT2D eigenvalue weighted by atomic mass is 79.9. The summed E-state index contributed by atoms with van der Waals surface area (Å²) in [5.74, 6) is 0.613. The first-order chi connectivity index (χ1) is 9.67. The number of nitrogens with one attached hydrogen (secondary N) is 1. The molecule has 0 saturated heterocycles. The van der Waals surface area contributed by atoms with Crippen molar-refractivity contribution in [3.63, 3.8) is 0 Å². The van der Waals surface area contributed by atoms with Crippen LogP contribution in [0.2, 0.25) is 5.02 Å². The number of anilines is 2. The fourth-order valence-corrected chi connectivity index (χ4v) is 2.86. The minimum absolute atomic E-state index is 0.580. The molecule has 0 unspecified atom stereocenters. The lowest BCUT2D eigenvalue weighted by Gasteiger charge is -2.10. The van der Waals surface area contributed by atoms with Crippen LogP contribution in [0, 0.1) is 11.3 Å². The van der Waals surface area contributed by atoms with Crippen molar-refractivity contribution in [2.75, 3.05) is 5.32 Å². The summed E-state index contributed by atoms with van der Waals surface area (Å²) in [7, 11) is 0. The summed E-state index contributed by atoms with van der Waals surface area (Å²) in [6, 6.07) is 9.69. The van der Waals surface area contributed by atoms with Crippen molar-refractivity contribution in [1.82, 2.24) is 4.98 Å². The Morgan fingerprint density at radius 3 is 2.90 bits per heavy atom. The first-order valence-corrected chi connectivity index (χ1v) is 7.49. The van der Waals surface area contributed by atoms with Gasteiger partial charge in [-0.1, -0.05) is 11.6 Å². The number of rotatable bonds is 2. The Morgan fingerprint density at radius 1 is 1.30 bits per heavy atom. The van der Waals surface area contributed by atoms with E-state index in [1.165, 1.54) is 5.56 Å². The van der Waals surface area contributed by atoms with Gasteiger partial charge in [-0.25, -0.2) is 4.98 Å². The third kappa shape index (κ3) is 2.52. The molecule has 0 atom stereocenters. The predicted molar refractivity (Wildman–Crippen MR) is 83.4 cm³/mol. The summed E-state index contributed by atoms with van der Waals surface area (Å²) in [4.78, 5) is 4.59. The van der Waals surface area contributed by atoms with E-state index in [1.54, 1.807) is 6.07 Å². The summed E-state index contributed by atoms with van der Waals surface area (Å²) < 4.78 is 0.809. The Kier molecular flexibility index (Phi) is 3.64. The molecular formula is C15H11BrClN3.